The van der Waals surface area contributed by atoms with Crippen LogP contribution in [-0.2, 0) is 16.8 Å². The summed E-state index contributed by atoms with van der Waals surface area (Å²) in [5.41, 5.74) is 3.89. The molecule has 0 saturated carbocycles. The SMILES string of the molecule is c1ccc(C(Oc2nnnc(OC(c3ccccc3)(c3ccccc3)c3ccccc3)c2OC(c2ccccc2)(c2ccccc2)c2ccccc2)(c2ccccc2)c2ccccc2)cc1. The number of hydrogen-bond acceptors (Lipinski definition) is 6. The molecule has 6 heteroatoms. The Bertz CT molecular complexity index is 2640. The molecule has 0 aliphatic rings. The Labute approximate surface area is 385 Å². The molecule has 10 aromatic rings. The van der Waals surface area contributed by atoms with Crippen molar-refractivity contribution in [3.8, 4) is 17.5 Å². The fraction of sp³-hybridized carbons (Fsp3) is 0.0500. The normalized spacial score (nSPS) is 11.6. The fourth-order valence-electron chi connectivity index (χ4n) is 9.04. The molecule has 1 aromatic heterocycles. The zero-order valence-electron chi connectivity index (χ0n) is 36.0. The molecule has 1 heterocycles. The van der Waals surface area contributed by atoms with Gasteiger partial charge >= 0.3 is 0 Å². The minimum atomic E-state index is -1.31. The lowest BCUT2D eigenvalue weighted by Crippen LogP contribution is -2.40. The monoisotopic (exact) mass is 855 g/mol. The Morgan fingerprint density at radius 3 is 0.561 bits per heavy atom. The number of aromatic nitrogens is 3. The summed E-state index contributed by atoms with van der Waals surface area (Å²) in [4.78, 5) is 0. The molecule has 0 spiro atoms. The quantitative estimate of drug-likeness (QED) is 0.0957. The molecule has 0 radical (unpaired) electrons. The predicted molar refractivity (Wildman–Crippen MR) is 259 cm³/mol. The highest BCUT2D eigenvalue weighted by Crippen LogP contribution is 2.51. The third kappa shape index (κ3) is 7.65. The first-order valence-electron chi connectivity index (χ1n) is 22.0. The first kappa shape index (κ1) is 41.4. The summed E-state index contributed by atoms with van der Waals surface area (Å²) in [6.45, 7) is 0. The molecular weight excluding hydrogens is 811 g/mol. The van der Waals surface area contributed by atoms with Crippen molar-refractivity contribution in [2.24, 2.45) is 0 Å². The highest BCUT2D eigenvalue weighted by atomic mass is 16.6. The minimum absolute atomic E-state index is 0.0619. The van der Waals surface area contributed by atoms with Gasteiger partial charge < -0.3 is 14.2 Å². The van der Waals surface area contributed by atoms with E-state index in [0.717, 1.165) is 50.1 Å². The van der Waals surface area contributed by atoms with Crippen LogP contribution in [0, 0.1) is 0 Å². The van der Waals surface area contributed by atoms with Gasteiger partial charge in [0.25, 0.3) is 11.8 Å². The molecule has 0 amide bonds. The highest BCUT2D eigenvalue weighted by Gasteiger charge is 2.47. The molecule has 0 fully saturated rings. The summed E-state index contributed by atoms with van der Waals surface area (Å²) in [6, 6.07) is 91.6. The van der Waals surface area contributed by atoms with E-state index in [-0.39, 0.29) is 17.5 Å². The van der Waals surface area contributed by atoms with Gasteiger partial charge in [0, 0.05) is 50.1 Å². The molecule has 0 aliphatic heterocycles. The van der Waals surface area contributed by atoms with Crippen LogP contribution >= 0.6 is 0 Å². The smallest absolute Gasteiger partial charge is 0.285 e. The van der Waals surface area contributed by atoms with Crippen molar-refractivity contribution in [2.75, 3.05) is 0 Å². The molecular formula is C60H45N3O3. The van der Waals surface area contributed by atoms with E-state index < -0.39 is 16.8 Å². The summed E-state index contributed by atoms with van der Waals surface area (Å²) in [5.74, 6) is 0.263. The number of benzene rings is 9. The van der Waals surface area contributed by atoms with Gasteiger partial charge in [-0.05, 0) is 5.21 Å². The van der Waals surface area contributed by atoms with Gasteiger partial charge in [0.15, 0.2) is 16.8 Å². The Balaban J connectivity index is 1.31. The van der Waals surface area contributed by atoms with Crippen LogP contribution in [-0.4, -0.2) is 15.4 Å². The van der Waals surface area contributed by atoms with Gasteiger partial charge in [-0.25, -0.2) is 0 Å². The zero-order valence-corrected chi connectivity index (χ0v) is 36.0. The van der Waals surface area contributed by atoms with Gasteiger partial charge in [0.1, 0.15) is 0 Å². The standard InChI is InChI=1S/C60H45N3O3/c1-10-28-46(29-11-1)58(47-30-12-2-13-31-47,48-32-14-3-15-33-48)64-55-56(65-59(49-34-16-4-17-35-49,50-36-18-5-19-37-50)51-38-20-6-21-39-51)61-63-62-57(55)66-60(52-40-22-7-23-41-52,53-42-24-8-25-43-53)54-44-26-9-27-45-54/h1-45H. The second-order valence-electron chi connectivity index (χ2n) is 15.9. The Hall–Kier alpha value is -8.61. The second-order valence-corrected chi connectivity index (χ2v) is 15.9. The second kappa shape index (κ2) is 18.6. The van der Waals surface area contributed by atoms with E-state index in [1.54, 1.807) is 0 Å². The molecule has 9 aromatic carbocycles. The molecule has 0 aliphatic carbocycles. The number of rotatable bonds is 15. The van der Waals surface area contributed by atoms with E-state index in [9.17, 15) is 0 Å². The maximum absolute atomic E-state index is 7.91. The van der Waals surface area contributed by atoms with E-state index in [1.807, 2.05) is 164 Å². The van der Waals surface area contributed by atoms with Crippen LogP contribution in [0.25, 0.3) is 0 Å². The lowest BCUT2D eigenvalue weighted by Gasteiger charge is -2.40. The van der Waals surface area contributed by atoms with Crippen molar-refractivity contribution in [3.05, 3.63) is 323 Å². The van der Waals surface area contributed by atoms with E-state index in [0.29, 0.717) is 0 Å². The average molecular weight is 856 g/mol. The third-order valence-electron chi connectivity index (χ3n) is 12.0. The van der Waals surface area contributed by atoms with Crippen LogP contribution in [0.4, 0.5) is 0 Å². The van der Waals surface area contributed by atoms with Gasteiger partial charge in [-0.3, -0.25) is 0 Å². The molecule has 0 N–H and O–H groups in total. The van der Waals surface area contributed by atoms with Crippen LogP contribution < -0.4 is 14.2 Å². The van der Waals surface area contributed by atoms with Crippen molar-refractivity contribution in [2.45, 2.75) is 16.8 Å². The first-order chi connectivity index (χ1) is 32.7. The average Bonchev–Trinajstić information content (AvgIpc) is 3.41. The largest absolute Gasteiger partial charge is 0.463 e. The Kier molecular flexibility index (Phi) is 11.7. The minimum Gasteiger partial charge on any atom is -0.463 e. The lowest BCUT2D eigenvalue weighted by atomic mass is 9.79. The maximum atomic E-state index is 7.91. The number of nitrogens with zero attached hydrogens (tertiary/aromatic N) is 3. The molecule has 6 nitrogen and oxygen atoms in total. The van der Waals surface area contributed by atoms with Crippen LogP contribution in [0.2, 0.25) is 0 Å². The Morgan fingerprint density at radius 2 is 0.379 bits per heavy atom. The van der Waals surface area contributed by atoms with E-state index in [4.69, 9.17) is 24.4 Å². The summed E-state index contributed by atoms with van der Waals surface area (Å²) in [5, 5.41) is 14.1. The highest BCUT2D eigenvalue weighted by molar-refractivity contribution is 5.56. The molecule has 10 rings (SSSR count). The van der Waals surface area contributed by atoms with Crippen LogP contribution in [0.1, 0.15) is 50.1 Å². The molecule has 0 atom stereocenters. The zero-order chi connectivity index (χ0) is 44.5. The van der Waals surface area contributed by atoms with Gasteiger partial charge in [0.05, 0.1) is 0 Å². The third-order valence-corrected chi connectivity index (χ3v) is 12.0. The maximum Gasteiger partial charge on any atom is 0.285 e. The van der Waals surface area contributed by atoms with Gasteiger partial charge in [-0.2, -0.15) is 0 Å². The van der Waals surface area contributed by atoms with Crippen LogP contribution in [0.15, 0.2) is 273 Å². The Morgan fingerprint density at radius 1 is 0.212 bits per heavy atom. The summed E-state index contributed by atoms with van der Waals surface area (Å²) >= 11 is 0. The lowest BCUT2D eigenvalue weighted by molar-refractivity contribution is 0.0869. The van der Waals surface area contributed by atoms with E-state index in [1.165, 1.54) is 0 Å². The van der Waals surface area contributed by atoms with Crippen molar-refractivity contribution < 1.29 is 14.2 Å². The van der Waals surface area contributed by atoms with Gasteiger partial charge in [0.2, 0.25) is 5.75 Å². The summed E-state index contributed by atoms with van der Waals surface area (Å²) in [6.07, 6.45) is 0. The molecule has 66 heavy (non-hydrogen) atoms. The number of ether oxygens (including phenoxy) is 3. The van der Waals surface area contributed by atoms with E-state index in [2.05, 4.69) is 114 Å². The van der Waals surface area contributed by atoms with Crippen LogP contribution in [0.3, 0.4) is 0 Å². The van der Waals surface area contributed by atoms with Crippen LogP contribution in [0.5, 0.6) is 17.5 Å². The molecule has 0 unspecified atom stereocenters. The molecule has 0 saturated heterocycles. The van der Waals surface area contributed by atoms with Gasteiger partial charge in [-0.1, -0.05) is 283 Å². The molecule has 318 valence electrons. The van der Waals surface area contributed by atoms with Crippen molar-refractivity contribution in [3.63, 3.8) is 0 Å². The van der Waals surface area contributed by atoms with Crippen molar-refractivity contribution in [1.29, 1.82) is 0 Å². The molecule has 0 bridgehead atoms. The summed E-state index contributed by atoms with van der Waals surface area (Å²) in [7, 11) is 0. The number of hydrogen-bond donors (Lipinski definition) is 0. The first-order valence-corrected chi connectivity index (χ1v) is 22.0. The van der Waals surface area contributed by atoms with Gasteiger partial charge in [-0.15, -0.1) is 0 Å². The van der Waals surface area contributed by atoms with E-state index >= 15 is 0 Å². The topological polar surface area (TPSA) is 66.4 Å². The van der Waals surface area contributed by atoms with Crippen molar-refractivity contribution >= 4 is 0 Å². The van der Waals surface area contributed by atoms with Crippen molar-refractivity contribution in [1.82, 2.24) is 15.4 Å². The fourth-order valence-corrected chi connectivity index (χ4v) is 9.04. The summed E-state index contributed by atoms with van der Waals surface area (Å²) < 4.78 is 23.3. The predicted octanol–water partition coefficient (Wildman–Crippen LogP) is 13.0.